The van der Waals surface area contributed by atoms with Gasteiger partial charge in [0.05, 0.1) is 10.6 Å². The minimum absolute atomic E-state index is 0.0165. The van der Waals surface area contributed by atoms with E-state index in [-0.39, 0.29) is 16.1 Å². The van der Waals surface area contributed by atoms with Crippen LogP contribution in [0.2, 0.25) is 0 Å². The Morgan fingerprint density at radius 3 is 2.15 bits per heavy atom. The Morgan fingerprint density at radius 2 is 1.55 bits per heavy atom. The van der Waals surface area contributed by atoms with Gasteiger partial charge >= 0.3 is 5.69 Å². The van der Waals surface area contributed by atoms with Crippen LogP contribution in [0, 0.1) is 6.92 Å². The van der Waals surface area contributed by atoms with E-state index in [1.807, 2.05) is 41.8 Å². The molecule has 2 aromatic carbocycles. The van der Waals surface area contributed by atoms with E-state index in [0.29, 0.717) is 11.5 Å². The third-order valence-corrected chi connectivity index (χ3v) is 6.74. The second-order valence-electron chi connectivity index (χ2n) is 7.80. The number of imidazole rings is 2. The van der Waals surface area contributed by atoms with Gasteiger partial charge in [0.1, 0.15) is 0 Å². The first-order valence-corrected chi connectivity index (χ1v) is 11.5. The first-order valence-electron chi connectivity index (χ1n) is 9.99. The number of hydrogen-bond donors (Lipinski definition) is 1. The van der Waals surface area contributed by atoms with E-state index in [1.54, 1.807) is 23.6 Å². The molecular weight excluding hydrogens is 444 g/mol. The molecule has 0 spiro atoms. The first-order chi connectivity index (χ1) is 15.6. The maximum atomic E-state index is 13.1. The van der Waals surface area contributed by atoms with E-state index in [0.717, 1.165) is 21.5 Å². The van der Waals surface area contributed by atoms with Crippen molar-refractivity contribution >= 4 is 27.0 Å². The average molecular weight is 465 g/mol. The highest BCUT2D eigenvalue weighted by Crippen LogP contribution is 2.32. The summed E-state index contributed by atoms with van der Waals surface area (Å²) in [4.78, 5) is 30.2. The Morgan fingerprint density at radius 1 is 0.909 bits per heavy atom. The number of aromatic nitrogens is 5. The molecule has 168 valence electrons. The third-order valence-electron chi connectivity index (χ3n) is 5.81. The number of nitrogens with two attached hydrogens (primary N) is 1. The molecule has 3 heterocycles. The van der Waals surface area contributed by atoms with Crippen LogP contribution in [0.3, 0.4) is 0 Å². The van der Waals surface area contributed by atoms with Crippen molar-refractivity contribution in [3.63, 3.8) is 0 Å². The molecule has 0 unspecified atom stereocenters. The van der Waals surface area contributed by atoms with E-state index in [9.17, 15) is 18.0 Å². The summed E-state index contributed by atoms with van der Waals surface area (Å²) in [5.74, 6) is 0.419. The molecule has 0 bridgehead atoms. The molecule has 33 heavy (non-hydrogen) atoms. The van der Waals surface area contributed by atoms with Crippen LogP contribution in [0.25, 0.3) is 33.9 Å². The van der Waals surface area contributed by atoms with Crippen LogP contribution >= 0.6 is 0 Å². The number of primary sulfonamides is 1. The first kappa shape index (κ1) is 20.9. The lowest BCUT2D eigenvalue weighted by atomic mass is 10.1. The van der Waals surface area contributed by atoms with Crippen molar-refractivity contribution in [2.45, 2.75) is 11.8 Å². The van der Waals surface area contributed by atoms with Crippen molar-refractivity contribution in [3.05, 3.63) is 81.1 Å². The molecule has 0 atom stereocenters. The van der Waals surface area contributed by atoms with Crippen LogP contribution in [-0.2, 0) is 24.1 Å². The number of hydrogen-bond acceptors (Lipinski definition) is 5. The van der Waals surface area contributed by atoms with Crippen LogP contribution in [0.4, 0.5) is 0 Å². The van der Waals surface area contributed by atoms with Gasteiger partial charge in [-0.1, -0.05) is 30.3 Å². The van der Waals surface area contributed by atoms with Crippen molar-refractivity contribution in [3.8, 4) is 16.9 Å². The van der Waals surface area contributed by atoms with Crippen molar-refractivity contribution in [2.24, 2.45) is 19.2 Å². The number of nitrogens with zero attached hydrogens (tertiary/aromatic N) is 5. The minimum Gasteiger partial charge on any atom is -0.279 e. The highest BCUT2D eigenvalue weighted by molar-refractivity contribution is 7.89. The van der Waals surface area contributed by atoms with E-state index in [4.69, 9.17) is 5.14 Å². The van der Waals surface area contributed by atoms with Gasteiger partial charge < -0.3 is 0 Å². The van der Waals surface area contributed by atoms with Crippen molar-refractivity contribution in [2.75, 3.05) is 0 Å². The predicted octanol–water partition coefficient (Wildman–Crippen LogP) is 1.30. The highest BCUT2D eigenvalue weighted by atomic mass is 32.2. The van der Waals surface area contributed by atoms with Crippen LogP contribution in [0.5, 0.6) is 0 Å². The molecule has 0 fully saturated rings. The zero-order valence-corrected chi connectivity index (χ0v) is 18.9. The Balaban J connectivity index is 1.97. The summed E-state index contributed by atoms with van der Waals surface area (Å²) in [5, 5.41) is 5.25. The zero-order chi connectivity index (χ0) is 23.7. The summed E-state index contributed by atoms with van der Waals surface area (Å²) >= 11 is 0. The molecule has 0 aliphatic carbocycles. The summed E-state index contributed by atoms with van der Waals surface area (Å²) in [5.41, 5.74) is 2.63. The van der Waals surface area contributed by atoms with Gasteiger partial charge in [0.2, 0.25) is 15.8 Å². The Bertz CT molecular complexity index is 1790. The molecule has 5 aromatic rings. The number of benzene rings is 2. The molecule has 0 radical (unpaired) electrons. The lowest BCUT2D eigenvalue weighted by Gasteiger charge is -2.11. The summed E-state index contributed by atoms with van der Waals surface area (Å²) in [6.45, 7) is 1.87. The molecule has 0 saturated heterocycles. The fraction of sp³-hybridized carbons (Fsp3) is 0.136. The van der Waals surface area contributed by atoms with Gasteiger partial charge in [0, 0.05) is 31.0 Å². The maximum Gasteiger partial charge on any atom is 0.332 e. The Labute approximate surface area is 187 Å². The minimum atomic E-state index is -3.85. The number of fused-ring (bicyclic) bond motifs is 3. The molecule has 2 N–H and O–H groups in total. The van der Waals surface area contributed by atoms with Crippen LogP contribution in [0.1, 0.15) is 5.69 Å². The number of rotatable bonds is 3. The lowest BCUT2D eigenvalue weighted by Crippen LogP contribution is -2.37. The Hall–Kier alpha value is -3.96. The zero-order valence-electron chi connectivity index (χ0n) is 18.1. The molecule has 11 heteroatoms. The molecule has 3 aromatic heterocycles. The van der Waals surface area contributed by atoms with E-state index in [2.05, 4.69) is 4.98 Å². The molecule has 0 amide bonds. The summed E-state index contributed by atoms with van der Waals surface area (Å²) in [6, 6.07) is 15.7. The Kier molecular flexibility index (Phi) is 4.45. The van der Waals surface area contributed by atoms with Gasteiger partial charge in [-0.25, -0.2) is 18.4 Å². The van der Waals surface area contributed by atoms with E-state index >= 15 is 0 Å². The second-order valence-corrected chi connectivity index (χ2v) is 9.36. The largest absolute Gasteiger partial charge is 0.332 e. The summed E-state index contributed by atoms with van der Waals surface area (Å²) in [6.07, 6.45) is 0. The van der Waals surface area contributed by atoms with Gasteiger partial charge in [-0.15, -0.1) is 0 Å². The van der Waals surface area contributed by atoms with E-state index in [1.165, 1.54) is 23.7 Å². The van der Waals surface area contributed by atoms with Crippen molar-refractivity contribution in [1.82, 2.24) is 23.1 Å². The number of aryl methyl sites for hydroxylation is 2. The molecule has 10 nitrogen and oxygen atoms in total. The van der Waals surface area contributed by atoms with E-state index < -0.39 is 21.3 Å². The van der Waals surface area contributed by atoms with Crippen molar-refractivity contribution in [1.29, 1.82) is 0 Å². The smallest absolute Gasteiger partial charge is 0.279 e. The lowest BCUT2D eigenvalue weighted by molar-refractivity contribution is 0.598. The topological polar surface area (TPSA) is 126 Å². The standard InChI is InChI=1S/C22H20N6O4S/c1-13-17(14-7-5-4-6-8-14)28(15-9-11-16(12-10-15)33(23,31)32)21-24-19-18(27(13)21)20(29)26(3)22(30)25(19)2/h4-12H,1-3H3,(H2,23,31,32). The third kappa shape index (κ3) is 2.97. The average Bonchev–Trinajstić information content (AvgIpc) is 3.32. The highest BCUT2D eigenvalue weighted by Gasteiger charge is 2.25. The normalized spacial score (nSPS) is 12.1. The number of sulfonamides is 1. The fourth-order valence-electron chi connectivity index (χ4n) is 4.18. The van der Waals surface area contributed by atoms with Gasteiger partial charge in [-0.3, -0.25) is 22.9 Å². The maximum absolute atomic E-state index is 13.1. The molecular formula is C22H20N6O4S. The quantitative estimate of drug-likeness (QED) is 0.431. The molecule has 0 aliphatic heterocycles. The molecule has 5 rings (SSSR count). The van der Waals surface area contributed by atoms with Crippen molar-refractivity contribution < 1.29 is 8.42 Å². The summed E-state index contributed by atoms with van der Waals surface area (Å²) < 4.78 is 29.4. The predicted molar refractivity (Wildman–Crippen MR) is 124 cm³/mol. The SMILES string of the molecule is Cc1c(-c2ccccc2)n(-c2ccc(S(N)(=O)=O)cc2)c2nc3c(c(=O)n(C)c(=O)n3C)n12. The fourth-order valence-corrected chi connectivity index (χ4v) is 4.70. The second kappa shape index (κ2) is 7.02. The monoisotopic (exact) mass is 464 g/mol. The van der Waals surface area contributed by atoms with Crippen LogP contribution < -0.4 is 16.4 Å². The van der Waals surface area contributed by atoms with Gasteiger partial charge in [0.15, 0.2) is 11.2 Å². The van der Waals surface area contributed by atoms with Gasteiger partial charge in [-0.05, 0) is 31.2 Å². The molecule has 0 saturated carbocycles. The van der Waals surface area contributed by atoms with Crippen LogP contribution in [0.15, 0.2) is 69.1 Å². The molecule has 0 aliphatic rings. The van der Waals surface area contributed by atoms with Gasteiger partial charge in [0.25, 0.3) is 5.56 Å². The van der Waals surface area contributed by atoms with Crippen LogP contribution in [-0.4, -0.2) is 31.5 Å². The van der Waals surface area contributed by atoms with Gasteiger partial charge in [-0.2, -0.15) is 4.98 Å². The summed E-state index contributed by atoms with van der Waals surface area (Å²) in [7, 11) is -0.860.